The molecule has 1 atom stereocenters. The molecule has 41 heavy (non-hydrogen) atoms. The molecule has 0 saturated carbocycles. The number of amides is 2. The lowest BCUT2D eigenvalue weighted by molar-refractivity contribution is -0.140. The third kappa shape index (κ3) is 8.47. The second-order valence-corrected chi connectivity index (χ2v) is 14.0. The lowest BCUT2D eigenvalue weighted by atomic mass is 10.1. The SMILES string of the molecule is Cc1ccc(S(=O)(=O)N(CC(=O)N(Cc2ccc(Cl)cc2Cl)[C@@H](C)C(=O)NC(C)(C)C)c2cc(C)cc(C)c2)cc1. The molecule has 220 valence electrons. The number of hydrogen-bond donors (Lipinski definition) is 1. The van der Waals surface area contributed by atoms with Gasteiger partial charge in [0, 0.05) is 22.1 Å². The van der Waals surface area contributed by atoms with E-state index in [4.69, 9.17) is 23.2 Å². The summed E-state index contributed by atoms with van der Waals surface area (Å²) >= 11 is 12.5. The van der Waals surface area contributed by atoms with Crippen molar-refractivity contribution in [1.29, 1.82) is 0 Å². The molecule has 0 heterocycles. The lowest BCUT2D eigenvalue weighted by Crippen LogP contribution is -2.54. The van der Waals surface area contributed by atoms with Crippen LogP contribution in [0.1, 0.15) is 49.9 Å². The number of nitrogens with one attached hydrogen (secondary N) is 1. The molecule has 0 fully saturated rings. The van der Waals surface area contributed by atoms with Gasteiger partial charge in [0.2, 0.25) is 11.8 Å². The van der Waals surface area contributed by atoms with Gasteiger partial charge in [0.05, 0.1) is 10.6 Å². The standard InChI is InChI=1S/C31H37Cl2N3O4S/c1-20-8-12-27(13-9-20)41(39,40)36(26-15-21(2)14-22(3)16-26)19-29(37)35(23(4)30(38)34-31(5,6)7)18-24-10-11-25(32)17-28(24)33/h8-17,23H,18-19H2,1-7H3,(H,34,38)/t23-/m0/s1. The van der Waals surface area contributed by atoms with Crippen molar-refractivity contribution in [2.75, 3.05) is 10.8 Å². The van der Waals surface area contributed by atoms with Crippen molar-refractivity contribution in [2.24, 2.45) is 0 Å². The normalized spacial score (nSPS) is 12.5. The molecule has 0 aliphatic rings. The molecule has 0 unspecified atom stereocenters. The highest BCUT2D eigenvalue weighted by atomic mass is 35.5. The van der Waals surface area contributed by atoms with E-state index in [1.165, 1.54) is 17.0 Å². The van der Waals surface area contributed by atoms with Crippen molar-refractivity contribution in [3.05, 3.63) is 93.0 Å². The monoisotopic (exact) mass is 617 g/mol. The molecule has 3 aromatic carbocycles. The van der Waals surface area contributed by atoms with Gasteiger partial charge in [-0.15, -0.1) is 0 Å². The van der Waals surface area contributed by atoms with Crippen molar-refractivity contribution >= 4 is 50.7 Å². The van der Waals surface area contributed by atoms with Crippen LogP contribution in [0.2, 0.25) is 10.0 Å². The minimum Gasteiger partial charge on any atom is -0.350 e. The van der Waals surface area contributed by atoms with Crippen LogP contribution in [0.15, 0.2) is 65.6 Å². The van der Waals surface area contributed by atoms with Crippen molar-refractivity contribution in [1.82, 2.24) is 10.2 Å². The fraction of sp³-hybridized carbons (Fsp3) is 0.355. The number of carbonyl (C=O) groups is 2. The Morgan fingerprint density at radius 1 is 0.878 bits per heavy atom. The number of benzene rings is 3. The number of aryl methyl sites for hydroxylation is 3. The average molecular weight is 619 g/mol. The van der Waals surface area contributed by atoms with Crippen LogP contribution in [-0.4, -0.2) is 43.3 Å². The summed E-state index contributed by atoms with van der Waals surface area (Å²) in [5.41, 5.74) is 2.98. The van der Waals surface area contributed by atoms with Gasteiger partial charge in [0.25, 0.3) is 10.0 Å². The third-order valence-corrected chi connectivity index (χ3v) is 8.78. The van der Waals surface area contributed by atoms with E-state index < -0.39 is 34.1 Å². The summed E-state index contributed by atoms with van der Waals surface area (Å²) in [5.74, 6) is -0.947. The fourth-order valence-electron chi connectivity index (χ4n) is 4.35. The van der Waals surface area contributed by atoms with Gasteiger partial charge in [0.1, 0.15) is 12.6 Å². The Bertz CT molecular complexity index is 1510. The van der Waals surface area contributed by atoms with Crippen LogP contribution in [0.5, 0.6) is 0 Å². The van der Waals surface area contributed by atoms with Crippen LogP contribution in [0.4, 0.5) is 5.69 Å². The van der Waals surface area contributed by atoms with Gasteiger partial charge < -0.3 is 10.2 Å². The van der Waals surface area contributed by atoms with E-state index in [1.807, 2.05) is 47.6 Å². The number of nitrogens with zero attached hydrogens (tertiary/aromatic N) is 2. The van der Waals surface area contributed by atoms with E-state index in [-0.39, 0.29) is 17.3 Å². The number of halogens is 2. The maximum atomic E-state index is 14.1. The minimum absolute atomic E-state index is 0.0289. The van der Waals surface area contributed by atoms with E-state index in [9.17, 15) is 18.0 Å². The molecule has 2 amide bonds. The Labute approximate surface area is 253 Å². The molecule has 7 nitrogen and oxygen atoms in total. The first-order valence-corrected chi connectivity index (χ1v) is 15.4. The zero-order valence-electron chi connectivity index (χ0n) is 24.5. The number of rotatable bonds is 9. The van der Waals surface area contributed by atoms with Crippen LogP contribution in [0.25, 0.3) is 0 Å². The topological polar surface area (TPSA) is 86.8 Å². The summed E-state index contributed by atoms with van der Waals surface area (Å²) in [5, 5.41) is 3.67. The van der Waals surface area contributed by atoms with E-state index in [2.05, 4.69) is 5.32 Å². The molecular weight excluding hydrogens is 581 g/mol. The van der Waals surface area contributed by atoms with Crippen molar-refractivity contribution < 1.29 is 18.0 Å². The van der Waals surface area contributed by atoms with E-state index in [0.29, 0.717) is 21.3 Å². The molecule has 1 N–H and O–H groups in total. The Morgan fingerprint density at radius 3 is 2.00 bits per heavy atom. The van der Waals surface area contributed by atoms with Gasteiger partial charge in [-0.25, -0.2) is 8.42 Å². The first-order valence-electron chi connectivity index (χ1n) is 13.2. The highest BCUT2D eigenvalue weighted by molar-refractivity contribution is 7.92. The average Bonchev–Trinajstić information content (AvgIpc) is 2.84. The Kier molecular flexibility index (Phi) is 10.2. The minimum atomic E-state index is -4.15. The highest BCUT2D eigenvalue weighted by Gasteiger charge is 2.33. The van der Waals surface area contributed by atoms with Crippen molar-refractivity contribution in [3.63, 3.8) is 0 Å². The summed E-state index contributed by atoms with van der Waals surface area (Å²) in [7, 11) is -4.15. The van der Waals surface area contributed by atoms with Gasteiger partial charge in [-0.3, -0.25) is 13.9 Å². The summed E-state index contributed by atoms with van der Waals surface area (Å²) < 4.78 is 29.1. The van der Waals surface area contributed by atoms with E-state index in [0.717, 1.165) is 21.0 Å². The van der Waals surface area contributed by atoms with E-state index >= 15 is 0 Å². The first-order chi connectivity index (χ1) is 19.0. The number of carbonyl (C=O) groups excluding carboxylic acids is 2. The highest BCUT2D eigenvalue weighted by Crippen LogP contribution is 2.28. The quantitative estimate of drug-likeness (QED) is 0.299. The van der Waals surface area contributed by atoms with Gasteiger partial charge in [-0.2, -0.15) is 0 Å². The predicted octanol–water partition coefficient (Wildman–Crippen LogP) is 6.45. The molecule has 10 heteroatoms. The summed E-state index contributed by atoms with van der Waals surface area (Å²) in [6, 6.07) is 15.8. The molecule has 0 aliphatic heterocycles. The second kappa shape index (κ2) is 12.8. The zero-order chi connectivity index (χ0) is 30.7. The van der Waals surface area contributed by atoms with Crippen LogP contribution >= 0.6 is 23.2 Å². The van der Waals surface area contributed by atoms with Crippen LogP contribution in [0, 0.1) is 20.8 Å². The second-order valence-electron chi connectivity index (χ2n) is 11.3. The molecule has 0 aromatic heterocycles. The Hall–Kier alpha value is -3.07. The molecule has 0 radical (unpaired) electrons. The number of sulfonamides is 1. The lowest BCUT2D eigenvalue weighted by Gasteiger charge is -2.33. The molecule has 0 bridgehead atoms. The summed E-state index contributed by atoms with van der Waals surface area (Å²) in [4.78, 5) is 28.7. The van der Waals surface area contributed by atoms with Crippen molar-refractivity contribution in [2.45, 2.75) is 71.5 Å². The number of hydrogen-bond acceptors (Lipinski definition) is 4. The van der Waals surface area contributed by atoms with Crippen molar-refractivity contribution in [3.8, 4) is 0 Å². The largest absolute Gasteiger partial charge is 0.350 e. The summed E-state index contributed by atoms with van der Waals surface area (Å²) in [6.07, 6.45) is 0. The Balaban J connectivity index is 2.09. The molecule has 0 spiro atoms. The van der Waals surface area contributed by atoms with Crippen LogP contribution < -0.4 is 9.62 Å². The van der Waals surface area contributed by atoms with Crippen LogP contribution in [0.3, 0.4) is 0 Å². The smallest absolute Gasteiger partial charge is 0.264 e. The number of anilines is 1. The molecule has 3 aromatic rings. The van der Waals surface area contributed by atoms with Gasteiger partial charge in [0.15, 0.2) is 0 Å². The molecular formula is C31H37Cl2N3O4S. The summed E-state index contributed by atoms with van der Waals surface area (Å²) in [6.45, 7) is 12.2. The maximum Gasteiger partial charge on any atom is 0.264 e. The van der Waals surface area contributed by atoms with Gasteiger partial charge in [-0.1, -0.05) is 53.0 Å². The van der Waals surface area contributed by atoms with Gasteiger partial charge >= 0.3 is 0 Å². The predicted molar refractivity (Wildman–Crippen MR) is 166 cm³/mol. The molecule has 0 saturated heterocycles. The van der Waals surface area contributed by atoms with Gasteiger partial charge in [-0.05, 0) is 102 Å². The molecule has 0 aliphatic carbocycles. The first kappa shape index (κ1) is 32.4. The van der Waals surface area contributed by atoms with Crippen LogP contribution in [-0.2, 0) is 26.2 Å². The zero-order valence-corrected chi connectivity index (χ0v) is 26.8. The van der Waals surface area contributed by atoms with E-state index in [1.54, 1.807) is 49.4 Å². The maximum absolute atomic E-state index is 14.1. The Morgan fingerprint density at radius 2 is 1.46 bits per heavy atom. The molecule has 3 rings (SSSR count). The third-order valence-electron chi connectivity index (χ3n) is 6.40. The fourth-order valence-corrected chi connectivity index (χ4v) is 6.22.